The number of benzene rings is 2. The monoisotopic (exact) mass is 331 g/mol. The second-order valence-corrected chi connectivity index (χ2v) is 5.39. The number of hydrogen-bond acceptors (Lipinski definition) is 4. The van der Waals surface area contributed by atoms with Crippen molar-refractivity contribution in [2.75, 3.05) is 5.32 Å². The molecule has 0 amide bonds. The fraction of sp³-hybridized carbons (Fsp3) is 0.125. The number of guanidine groups is 1. The second-order valence-electron chi connectivity index (χ2n) is 5.39. The molecule has 1 unspecified atom stereocenters. The molecule has 3 aromatic rings. The van der Waals surface area contributed by atoms with Crippen LogP contribution < -0.4 is 11.1 Å². The van der Waals surface area contributed by atoms with Crippen molar-refractivity contribution >= 4 is 22.9 Å². The maximum absolute atomic E-state index is 13.4. The van der Waals surface area contributed by atoms with E-state index in [0.717, 1.165) is 6.07 Å². The van der Waals surface area contributed by atoms with Crippen LogP contribution in [0.1, 0.15) is 17.3 Å². The number of aliphatic imine (C=N–C) groups is 1. The minimum absolute atomic E-state index is 0.0267. The maximum Gasteiger partial charge on any atom is 0.416 e. The van der Waals surface area contributed by atoms with E-state index in [1.54, 1.807) is 28.8 Å². The predicted molar refractivity (Wildman–Crippen MR) is 84.6 cm³/mol. The van der Waals surface area contributed by atoms with Crippen LogP contribution in [0.25, 0.3) is 11.0 Å². The Hall–Kier alpha value is -3.03. The quantitative estimate of drug-likeness (QED) is 0.718. The minimum atomic E-state index is -4.48. The lowest BCUT2D eigenvalue weighted by molar-refractivity contribution is -0.138. The van der Waals surface area contributed by atoms with E-state index in [9.17, 15) is 13.2 Å². The molecule has 1 aliphatic rings. The van der Waals surface area contributed by atoms with Crippen LogP contribution in [-0.4, -0.2) is 15.5 Å². The Morgan fingerprint density at radius 1 is 1.04 bits per heavy atom. The number of alkyl halides is 3. The van der Waals surface area contributed by atoms with Crippen LogP contribution in [0.2, 0.25) is 0 Å². The van der Waals surface area contributed by atoms with Crippen molar-refractivity contribution in [3.05, 3.63) is 59.7 Å². The van der Waals surface area contributed by atoms with Gasteiger partial charge in [-0.2, -0.15) is 13.2 Å². The summed E-state index contributed by atoms with van der Waals surface area (Å²) in [6.07, 6.45) is -5.42. The second kappa shape index (κ2) is 4.98. The Balaban J connectivity index is 1.99. The summed E-state index contributed by atoms with van der Waals surface area (Å²) in [6, 6.07) is 12.5. The number of imidazole rings is 1. The normalized spacial score (nSPS) is 17.3. The predicted octanol–water partition coefficient (Wildman–Crippen LogP) is 3.34. The number of nitrogens with two attached hydrogens (primary N) is 1. The smallest absolute Gasteiger partial charge is 0.370 e. The van der Waals surface area contributed by atoms with E-state index in [1.165, 1.54) is 12.1 Å². The molecule has 1 aliphatic heterocycles. The van der Waals surface area contributed by atoms with E-state index in [-0.39, 0.29) is 11.5 Å². The molecule has 0 spiro atoms. The van der Waals surface area contributed by atoms with Crippen molar-refractivity contribution in [3.8, 4) is 0 Å². The molecule has 4 rings (SSSR count). The average molecular weight is 331 g/mol. The van der Waals surface area contributed by atoms with Crippen LogP contribution in [-0.2, 0) is 6.18 Å². The Bertz CT molecular complexity index is 958. The highest BCUT2D eigenvalue weighted by Crippen LogP contribution is 2.39. The third-order valence-electron chi connectivity index (χ3n) is 3.89. The number of nitrogens with zero attached hydrogens (tertiary/aromatic N) is 3. The fourth-order valence-electron chi connectivity index (χ4n) is 2.91. The van der Waals surface area contributed by atoms with Crippen molar-refractivity contribution in [2.45, 2.75) is 12.3 Å². The van der Waals surface area contributed by atoms with E-state index < -0.39 is 17.9 Å². The lowest BCUT2D eigenvalue weighted by atomic mass is 10.0. The van der Waals surface area contributed by atoms with E-state index in [4.69, 9.17) is 5.73 Å². The number of hydrogen-bond donors (Lipinski definition) is 2. The summed E-state index contributed by atoms with van der Waals surface area (Å²) >= 11 is 0. The molecule has 1 atom stereocenters. The molecule has 0 aliphatic carbocycles. The highest BCUT2D eigenvalue weighted by Gasteiger charge is 2.37. The molecule has 0 saturated carbocycles. The summed E-state index contributed by atoms with van der Waals surface area (Å²) in [5, 5.41) is 2.81. The number of anilines is 1. The van der Waals surface area contributed by atoms with Crippen molar-refractivity contribution in [1.29, 1.82) is 0 Å². The Labute approximate surface area is 134 Å². The molecule has 0 bridgehead atoms. The van der Waals surface area contributed by atoms with Crippen molar-refractivity contribution in [2.24, 2.45) is 10.7 Å². The van der Waals surface area contributed by atoms with Crippen molar-refractivity contribution in [1.82, 2.24) is 9.55 Å². The molecule has 0 fully saturated rings. The van der Waals surface area contributed by atoms with Crippen LogP contribution in [0.3, 0.4) is 0 Å². The topological polar surface area (TPSA) is 68.2 Å². The molecule has 2 heterocycles. The molecule has 3 N–H and O–H groups in total. The molecule has 122 valence electrons. The van der Waals surface area contributed by atoms with E-state index >= 15 is 0 Å². The zero-order chi connectivity index (χ0) is 16.9. The van der Waals surface area contributed by atoms with E-state index in [2.05, 4.69) is 15.3 Å². The van der Waals surface area contributed by atoms with Crippen LogP contribution >= 0.6 is 0 Å². The molecular formula is C16H12F3N5. The fourth-order valence-corrected chi connectivity index (χ4v) is 2.91. The summed E-state index contributed by atoms with van der Waals surface area (Å²) in [5.41, 5.74) is 6.38. The third-order valence-corrected chi connectivity index (χ3v) is 3.89. The minimum Gasteiger partial charge on any atom is -0.370 e. The zero-order valence-electron chi connectivity index (χ0n) is 12.2. The molecule has 24 heavy (non-hydrogen) atoms. The number of halogens is 3. The summed E-state index contributed by atoms with van der Waals surface area (Å²) in [6.45, 7) is 0. The molecule has 5 nitrogen and oxygen atoms in total. The lowest BCUT2D eigenvalue weighted by Gasteiger charge is -2.26. The standard InChI is InChI=1S/C16H12F3N5/c17-16(18,19)10-6-2-1-5-9(10)13-22-14(20)23-15-21-11-7-3-4-8-12(11)24(13)15/h1-8,13H,(H3,20,21,22,23). The first-order chi connectivity index (χ1) is 11.4. The number of fused-ring (bicyclic) bond motifs is 3. The van der Waals surface area contributed by atoms with Gasteiger partial charge in [-0.05, 0) is 18.2 Å². The first kappa shape index (κ1) is 14.6. The van der Waals surface area contributed by atoms with Crippen molar-refractivity contribution in [3.63, 3.8) is 0 Å². The zero-order valence-corrected chi connectivity index (χ0v) is 12.2. The molecule has 0 saturated heterocycles. The summed E-state index contributed by atoms with van der Waals surface area (Å²) in [4.78, 5) is 8.58. The van der Waals surface area contributed by atoms with Gasteiger partial charge in [0.05, 0.1) is 16.6 Å². The largest absolute Gasteiger partial charge is 0.416 e. The van der Waals surface area contributed by atoms with Gasteiger partial charge in [-0.3, -0.25) is 9.88 Å². The Kier molecular flexibility index (Phi) is 3.02. The van der Waals surface area contributed by atoms with Gasteiger partial charge in [0.2, 0.25) is 5.95 Å². The average Bonchev–Trinajstić information content (AvgIpc) is 2.91. The van der Waals surface area contributed by atoms with Gasteiger partial charge in [0, 0.05) is 5.56 Å². The van der Waals surface area contributed by atoms with Crippen LogP contribution in [0, 0.1) is 0 Å². The highest BCUT2D eigenvalue weighted by molar-refractivity contribution is 5.94. The Morgan fingerprint density at radius 2 is 1.75 bits per heavy atom. The van der Waals surface area contributed by atoms with Gasteiger partial charge in [0.15, 0.2) is 12.1 Å². The van der Waals surface area contributed by atoms with Crippen molar-refractivity contribution < 1.29 is 13.2 Å². The van der Waals surface area contributed by atoms with Gasteiger partial charge in [-0.15, -0.1) is 0 Å². The van der Waals surface area contributed by atoms with Gasteiger partial charge in [0.1, 0.15) is 0 Å². The SMILES string of the molecule is NC1=NC(c2ccccc2C(F)(F)F)n2c(nc3ccccc32)N1. The molecule has 1 aromatic heterocycles. The van der Waals surface area contributed by atoms with Gasteiger partial charge < -0.3 is 5.73 Å². The summed E-state index contributed by atoms with van der Waals surface area (Å²) in [7, 11) is 0. The van der Waals surface area contributed by atoms with E-state index in [1.807, 2.05) is 6.07 Å². The Morgan fingerprint density at radius 3 is 2.54 bits per heavy atom. The van der Waals surface area contributed by atoms with E-state index in [0.29, 0.717) is 17.0 Å². The third kappa shape index (κ3) is 2.18. The lowest BCUT2D eigenvalue weighted by Crippen LogP contribution is -2.32. The molecule has 2 aromatic carbocycles. The number of rotatable bonds is 1. The van der Waals surface area contributed by atoms with Gasteiger partial charge >= 0.3 is 6.18 Å². The maximum atomic E-state index is 13.4. The summed E-state index contributed by atoms with van der Waals surface area (Å²) < 4.78 is 41.8. The summed E-state index contributed by atoms with van der Waals surface area (Å²) in [5.74, 6) is 0.394. The van der Waals surface area contributed by atoms with Gasteiger partial charge in [-0.25, -0.2) is 9.98 Å². The van der Waals surface area contributed by atoms with Gasteiger partial charge in [-0.1, -0.05) is 30.3 Å². The van der Waals surface area contributed by atoms with Crippen LogP contribution in [0.15, 0.2) is 53.5 Å². The number of nitrogens with one attached hydrogen (secondary N) is 1. The number of aromatic nitrogens is 2. The van der Waals surface area contributed by atoms with Crippen LogP contribution in [0.5, 0.6) is 0 Å². The highest BCUT2D eigenvalue weighted by atomic mass is 19.4. The molecule has 0 radical (unpaired) electrons. The number of para-hydroxylation sites is 2. The first-order valence-corrected chi connectivity index (χ1v) is 7.18. The first-order valence-electron chi connectivity index (χ1n) is 7.18. The van der Waals surface area contributed by atoms with Gasteiger partial charge in [0.25, 0.3) is 0 Å². The molecular weight excluding hydrogens is 319 g/mol. The van der Waals surface area contributed by atoms with Crippen LogP contribution in [0.4, 0.5) is 19.1 Å². The molecule has 8 heteroatoms.